The van der Waals surface area contributed by atoms with Crippen LogP contribution in [0.4, 0.5) is 0 Å². The van der Waals surface area contributed by atoms with Gasteiger partial charge in [-0.2, -0.15) is 0 Å². The molecule has 5 nitrogen and oxygen atoms in total. The summed E-state index contributed by atoms with van der Waals surface area (Å²) >= 11 is 0. The summed E-state index contributed by atoms with van der Waals surface area (Å²) in [5.41, 5.74) is 1.27. The molecular weight excluding hydrogens is 264 g/mol. The monoisotopic (exact) mass is 286 g/mol. The molecule has 0 fully saturated rings. The molecule has 5 heteroatoms. The van der Waals surface area contributed by atoms with E-state index in [1.807, 2.05) is 25.4 Å². The van der Waals surface area contributed by atoms with Gasteiger partial charge in [0, 0.05) is 38.6 Å². The van der Waals surface area contributed by atoms with E-state index in [1.54, 1.807) is 0 Å². The van der Waals surface area contributed by atoms with E-state index in [0.29, 0.717) is 6.61 Å². The van der Waals surface area contributed by atoms with Crippen molar-refractivity contribution in [1.29, 1.82) is 0 Å². The van der Waals surface area contributed by atoms with E-state index in [4.69, 9.17) is 4.74 Å². The molecule has 0 radical (unpaired) electrons. The highest BCUT2D eigenvalue weighted by molar-refractivity contribution is 5.27. The Labute approximate surface area is 125 Å². The maximum atomic E-state index is 5.82. The zero-order valence-electron chi connectivity index (χ0n) is 12.5. The van der Waals surface area contributed by atoms with Crippen LogP contribution in [0.5, 0.6) is 5.75 Å². The topological polar surface area (TPSA) is 42.3 Å². The van der Waals surface area contributed by atoms with E-state index in [0.717, 1.165) is 44.3 Å². The third kappa shape index (κ3) is 3.62. The third-order valence-corrected chi connectivity index (χ3v) is 3.80. The molecule has 1 aliphatic heterocycles. The molecule has 21 heavy (non-hydrogen) atoms. The molecule has 3 rings (SSSR count). The van der Waals surface area contributed by atoms with Gasteiger partial charge < -0.3 is 14.6 Å². The van der Waals surface area contributed by atoms with Crippen LogP contribution in [0.1, 0.15) is 11.4 Å². The molecule has 0 amide bonds. The van der Waals surface area contributed by atoms with Gasteiger partial charge >= 0.3 is 0 Å². The Hall–Kier alpha value is -1.85. The molecule has 2 heterocycles. The van der Waals surface area contributed by atoms with Crippen LogP contribution in [0.3, 0.4) is 0 Å². The van der Waals surface area contributed by atoms with Crippen LogP contribution >= 0.6 is 0 Å². The van der Waals surface area contributed by atoms with Gasteiger partial charge in [-0.3, -0.25) is 4.90 Å². The van der Waals surface area contributed by atoms with Crippen molar-refractivity contribution in [2.24, 2.45) is 0 Å². The molecular formula is C16H22N4O. The Balaban J connectivity index is 1.44. The fourth-order valence-electron chi connectivity index (χ4n) is 2.61. The Morgan fingerprint density at radius 3 is 2.90 bits per heavy atom. The van der Waals surface area contributed by atoms with Gasteiger partial charge in [-0.05, 0) is 24.7 Å². The molecule has 1 aliphatic rings. The lowest BCUT2D eigenvalue weighted by Crippen LogP contribution is -2.36. The summed E-state index contributed by atoms with van der Waals surface area (Å²) in [7, 11) is 1.95. The predicted molar refractivity (Wildman–Crippen MR) is 82.2 cm³/mol. The lowest BCUT2D eigenvalue weighted by molar-refractivity contribution is 0.175. The number of nitrogens with one attached hydrogen (secondary N) is 1. The van der Waals surface area contributed by atoms with Crippen molar-refractivity contribution < 1.29 is 4.74 Å². The van der Waals surface area contributed by atoms with Crippen LogP contribution in [-0.4, -0.2) is 41.2 Å². The van der Waals surface area contributed by atoms with Crippen molar-refractivity contribution in [3.05, 3.63) is 48.0 Å². The number of aromatic nitrogens is 2. The summed E-state index contributed by atoms with van der Waals surface area (Å²) in [6, 6.07) is 8.28. The molecule has 0 atom stereocenters. The Morgan fingerprint density at radius 2 is 2.10 bits per heavy atom. The quantitative estimate of drug-likeness (QED) is 0.874. The second-order valence-electron chi connectivity index (χ2n) is 5.34. The first-order valence-electron chi connectivity index (χ1n) is 7.44. The fraction of sp³-hybridized carbons (Fsp3) is 0.438. The van der Waals surface area contributed by atoms with Gasteiger partial charge in [-0.25, -0.2) is 4.98 Å². The summed E-state index contributed by atoms with van der Waals surface area (Å²) < 4.78 is 8.04. The van der Waals surface area contributed by atoms with Crippen LogP contribution < -0.4 is 10.1 Å². The van der Waals surface area contributed by atoms with Crippen molar-refractivity contribution in [3.8, 4) is 5.75 Å². The third-order valence-electron chi connectivity index (χ3n) is 3.80. The zero-order valence-corrected chi connectivity index (χ0v) is 12.5. The van der Waals surface area contributed by atoms with Crippen molar-refractivity contribution in [3.63, 3.8) is 0 Å². The molecule has 0 spiro atoms. The maximum absolute atomic E-state index is 5.82. The molecule has 0 saturated carbocycles. The van der Waals surface area contributed by atoms with Crippen LogP contribution in [0, 0.1) is 0 Å². The molecule has 0 aliphatic carbocycles. The van der Waals surface area contributed by atoms with E-state index in [2.05, 4.69) is 38.1 Å². The van der Waals surface area contributed by atoms with Crippen LogP contribution in [0.15, 0.2) is 36.7 Å². The summed E-state index contributed by atoms with van der Waals surface area (Å²) in [6.07, 6.45) is 3.93. The highest BCUT2D eigenvalue weighted by Gasteiger charge is 2.15. The standard InChI is InChI=1S/C16H22N4O/c1-17-12-14-2-4-15(5-3-14)21-11-10-19-8-9-20-7-6-18-16(20)13-19/h2-7,17H,8-13H2,1H3. The number of hydrogen-bond donors (Lipinski definition) is 1. The number of imidazole rings is 1. The smallest absolute Gasteiger partial charge is 0.122 e. The molecule has 0 bridgehead atoms. The summed E-state index contributed by atoms with van der Waals surface area (Å²) in [5, 5.41) is 3.14. The molecule has 112 valence electrons. The number of nitrogens with zero attached hydrogens (tertiary/aromatic N) is 3. The predicted octanol–water partition coefficient (Wildman–Crippen LogP) is 1.50. The molecule has 2 aromatic rings. The molecule has 1 N–H and O–H groups in total. The number of fused-ring (bicyclic) bond motifs is 1. The van der Waals surface area contributed by atoms with E-state index in [-0.39, 0.29) is 0 Å². The van der Waals surface area contributed by atoms with Gasteiger partial charge in [-0.15, -0.1) is 0 Å². The molecule has 0 unspecified atom stereocenters. The van der Waals surface area contributed by atoms with E-state index < -0.39 is 0 Å². The van der Waals surface area contributed by atoms with E-state index >= 15 is 0 Å². The van der Waals surface area contributed by atoms with Crippen molar-refractivity contribution in [1.82, 2.24) is 19.8 Å². The van der Waals surface area contributed by atoms with Gasteiger partial charge in [0.05, 0.1) is 6.54 Å². The van der Waals surface area contributed by atoms with Crippen LogP contribution in [-0.2, 0) is 19.6 Å². The Bertz CT molecular complexity index is 564. The lowest BCUT2D eigenvalue weighted by atomic mass is 10.2. The number of rotatable bonds is 6. The van der Waals surface area contributed by atoms with Gasteiger partial charge in [-0.1, -0.05) is 12.1 Å². The van der Waals surface area contributed by atoms with Crippen molar-refractivity contribution in [2.45, 2.75) is 19.6 Å². The lowest BCUT2D eigenvalue weighted by Gasteiger charge is -2.27. The van der Waals surface area contributed by atoms with Gasteiger partial charge in [0.15, 0.2) is 0 Å². The normalized spacial score (nSPS) is 14.9. The van der Waals surface area contributed by atoms with E-state index in [1.165, 1.54) is 5.56 Å². The number of hydrogen-bond acceptors (Lipinski definition) is 4. The highest BCUT2D eigenvalue weighted by Crippen LogP contribution is 2.13. The van der Waals surface area contributed by atoms with E-state index in [9.17, 15) is 0 Å². The average Bonchev–Trinajstić information content (AvgIpc) is 2.97. The van der Waals surface area contributed by atoms with Gasteiger partial charge in [0.1, 0.15) is 18.2 Å². The average molecular weight is 286 g/mol. The first-order valence-corrected chi connectivity index (χ1v) is 7.44. The number of ether oxygens (including phenoxy) is 1. The van der Waals surface area contributed by atoms with Gasteiger partial charge in [0.25, 0.3) is 0 Å². The minimum Gasteiger partial charge on any atom is -0.492 e. The Morgan fingerprint density at radius 1 is 1.24 bits per heavy atom. The van der Waals surface area contributed by atoms with Crippen LogP contribution in [0.25, 0.3) is 0 Å². The van der Waals surface area contributed by atoms with Crippen molar-refractivity contribution in [2.75, 3.05) is 26.7 Å². The summed E-state index contributed by atoms with van der Waals surface area (Å²) in [4.78, 5) is 6.76. The zero-order chi connectivity index (χ0) is 14.5. The Kier molecular flexibility index (Phi) is 4.52. The van der Waals surface area contributed by atoms with Crippen LogP contribution in [0.2, 0.25) is 0 Å². The fourth-order valence-corrected chi connectivity index (χ4v) is 2.61. The molecule has 0 saturated heterocycles. The minimum atomic E-state index is 0.714. The maximum Gasteiger partial charge on any atom is 0.122 e. The summed E-state index contributed by atoms with van der Waals surface area (Å²) in [5.74, 6) is 2.09. The summed E-state index contributed by atoms with van der Waals surface area (Å²) in [6.45, 7) is 5.54. The highest BCUT2D eigenvalue weighted by atomic mass is 16.5. The molecule has 1 aromatic carbocycles. The SMILES string of the molecule is CNCc1ccc(OCCN2CCn3ccnc3C2)cc1. The molecule has 1 aromatic heterocycles. The first-order chi connectivity index (χ1) is 10.3. The number of benzene rings is 1. The first kappa shape index (κ1) is 14.1. The second kappa shape index (κ2) is 6.74. The minimum absolute atomic E-state index is 0.714. The van der Waals surface area contributed by atoms with Gasteiger partial charge in [0.2, 0.25) is 0 Å². The second-order valence-corrected chi connectivity index (χ2v) is 5.34. The van der Waals surface area contributed by atoms with Crippen molar-refractivity contribution >= 4 is 0 Å². The largest absolute Gasteiger partial charge is 0.492 e.